The van der Waals surface area contributed by atoms with E-state index in [0.29, 0.717) is 31.6 Å². The summed E-state index contributed by atoms with van der Waals surface area (Å²) in [4.78, 5) is 14.1. The van der Waals surface area contributed by atoms with Crippen LogP contribution in [0.25, 0.3) is 0 Å². The molecule has 28 heavy (non-hydrogen) atoms. The number of nitrogens with zero attached hydrogens (tertiary/aromatic N) is 5. The lowest BCUT2D eigenvalue weighted by molar-refractivity contribution is 0.171. The fourth-order valence-corrected chi connectivity index (χ4v) is 5.74. The van der Waals surface area contributed by atoms with Gasteiger partial charge in [0.05, 0.1) is 22.8 Å². The summed E-state index contributed by atoms with van der Waals surface area (Å²) in [7, 11) is -2.05. The Labute approximate surface area is 169 Å². The molecular weight excluding hydrogens is 404 g/mol. The van der Waals surface area contributed by atoms with Gasteiger partial charge in [0.2, 0.25) is 0 Å². The predicted octanol–water partition coefficient (Wildman–Crippen LogP) is 2.36. The molecule has 0 spiro atoms. The van der Waals surface area contributed by atoms with Crippen molar-refractivity contribution in [2.75, 3.05) is 18.4 Å². The maximum Gasteiger partial charge on any atom is 0.321 e. The van der Waals surface area contributed by atoms with Crippen LogP contribution in [0.4, 0.5) is 10.5 Å². The molecule has 0 bridgehead atoms. The highest BCUT2D eigenvalue weighted by molar-refractivity contribution is 7.93. The van der Waals surface area contributed by atoms with Crippen LogP contribution in [0.5, 0.6) is 0 Å². The van der Waals surface area contributed by atoms with Crippen LogP contribution in [0.15, 0.2) is 29.6 Å². The standard InChI is InChI=1S/C17H23ClN6O3S/c1-17(2,28(26,27)14-11-23(3)22-15(14)18)12-5-8-24(9-6-12)16(25)21-13-4-7-19-20-10-13/h4,7,10-12H,5-6,8-9H2,1-3H3,(H,19,21,25). The molecule has 3 rings (SSSR count). The van der Waals surface area contributed by atoms with Crippen molar-refractivity contribution in [1.29, 1.82) is 0 Å². The minimum absolute atomic E-state index is 0.0154. The normalized spacial score (nSPS) is 16.2. The first-order valence-electron chi connectivity index (χ1n) is 8.89. The number of carbonyl (C=O) groups excluding carboxylic acids is 1. The van der Waals surface area contributed by atoms with Crippen LogP contribution in [0, 0.1) is 5.92 Å². The first kappa shape index (κ1) is 20.5. The number of hydrogen-bond acceptors (Lipinski definition) is 6. The number of anilines is 1. The number of rotatable bonds is 4. The number of likely N-dealkylation sites (tertiary alicyclic amines) is 1. The molecule has 1 fully saturated rings. The lowest BCUT2D eigenvalue weighted by Crippen LogP contribution is -2.48. The Morgan fingerprint density at radius 1 is 1.29 bits per heavy atom. The van der Waals surface area contributed by atoms with Crippen LogP contribution in [-0.4, -0.2) is 57.2 Å². The molecule has 1 aliphatic heterocycles. The molecule has 2 amide bonds. The van der Waals surface area contributed by atoms with Crippen LogP contribution in [0.3, 0.4) is 0 Å². The van der Waals surface area contributed by atoms with Crippen LogP contribution < -0.4 is 5.32 Å². The summed E-state index contributed by atoms with van der Waals surface area (Å²) >= 11 is 6.03. The monoisotopic (exact) mass is 426 g/mol. The van der Waals surface area contributed by atoms with Gasteiger partial charge in [-0.25, -0.2) is 13.2 Å². The third-order valence-corrected chi connectivity index (χ3v) is 8.32. The predicted molar refractivity (Wildman–Crippen MR) is 105 cm³/mol. The second-order valence-electron chi connectivity index (χ2n) is 7.39. The van der Waals surface area contributed by atoms with Crippen molar-refractivity contribution in [2.45, 2.75) is 36.3 Å². The van der Waals surface area contributed by atoms with Gasteiger partial charge in [0.25, 0.3) is 0 Å². The van der Waals surface area contributed by atoms with Gasteiger partial charge < -0.3 is 10.2 Å². The van der Waals surface area contributed by atoms with E-state index >= 15 is 0 Å². The Morgan fingerprint density at radius 2 is 1.96 bits per heavy atom. The Kier molecular flexibility index (Phi) is 5.62. The van der Waals surface area contributed by atoms with Crippen molar-refractivity contribution in [2.24, 2.45) is 13.0 Å². The molecule has 0 atom stereocenters. The minimum Gasteiger partial charge on any atom is -0.325 e. The third kappa shape index (κ3) is 3.83. The highest BCUT2D eigenvalue weighted by Gasteiger charge is 2.45. The van der Waals surface area contributed by atoms with E-state index in [9.17, 15) is 13.2 Å². The molecule has 0 unspecified atom stereocenters. The minimum atomic E-state index is -3.68. The summed E-state index contributed by atoms with van der Waals surface area (Å²) in [6, 6.07) is 1.42. The largest absolute Gasteiger partial charge is 0.325 e. The SMILES string of the molecule is Cn1cc(S(=O)(=O)C(C)(C)C2CCN(C(=O)Nc3ccnnc3)CC2)c(Cl)n1. The highest BCUT2D eigenvalue weighted by atomic mass is 35.5. The van der Waals surface area contributed by atoms with E-state index < -0.39 is 14.6 Å². The highest BCUT2D eigenvalue weighted by Crippen LogP contribution is 2.39. The number of piperidine rings is 1. The van der Waals surface area contributed by atoms with E-state index in [1.165, 1.54) is 23.3 Å². The Balaban J connectivity index is 1.68. The number of aromatic nitrogens is 4. The second kappa shape index (κ2) is 7.67. The van der Waals surface area contributed by atoms with Gasteiger partial charge in [-0.1, -0.05) is 11.6 Å². The van der Waals surface area contributed by atoms with Gasteiger partial charge in [0.15, 0.2) is 15.0 Å². The van der Waals surface area contributed by atoms with Gasteiger partial charge in [-0.3, -0.25) is 4.68 Å². The van der Waals surface area contributed by atoms with Crippen molar-refractivity contribution in [3.05, 3.63) is 29.8 Å². The van der Waals surface area contributed by atoms with Crippen molar-refractivity contribution < 1.29 is 13.2 Å². The molecule has 1 aliphatic rings. The zero-order valence-corrected chi connectivity index (χ0v) is 17.5. The van der Waals surface area contributed by atoms with E-state index in [-0.39, 0.29) is 22.0 Å². The average molecular weight is 427 g/mol. The summed E-state index contributed by atoms with van der Waals surface area (Å²) < 4.78 is 26.8. The zero-order chi connectivity index (χ0) is 20.5. The fraction of sp³-hybridized carbons (Fsp3) is 0.529. The maximum absolute atomic E-state index is 13.2. The van der Waals surface area contributed by atoms with Gasteiger partial charge >= 0.3 is 6.03 Å². The zero-order valence-electron chi connectivity index (χ0n) is 16.0. The fourth-order valence-electron chi connectivity index (χ4n) is 3.47. The van der Waals surface area contributed by atoms with Crippen molar-refractivity contribution in [3.8, 4) is 0 Å². The van der Waals surface area contributed by atoms with E-state index in [1.807, 2.05) is 0 Å². The Bertz CT molecular complexity index is 953. The summed E-state index contributed by atoms with van der Waals surface area (Å²) in [6.45, 7) is 4.37. The van der Waals surface area contributed by atoms with Gasteiger partial charge in [-0.15, -0.1) is 0 Å². The summed E-state index contributed by atoms with van der Waals surface area (Å²) in [5.74, 6) is -0.111. The molecule has 11 heteroatoms. The van der Waals surface area contributed by atoms with Gasteiger partial charge in [0.1, 0.15) is 4.90 Å². The Morgan fingerprint density at radius 3 is 2.50 bits per heavy atom. The average Bonchev–Trinajstić information content (AvgIpc) is 3.01. The van der Waals surface area contributed by atoms with E-state index in [4.69, 9.17) is 11.6 Å². The number of carbonyl (C=O) groups is 1. The maximum atomic E-state index is 13.2. The number of nitrogens with one attached hydrogen (secondary N) is 1. The number of sulfone groups is 1. The molecule has 9 nitrogen and oxygen atoms in total. The molecule has 0 aliphatic carbocycles. The quantitative estimate of drug-likeness (QED) is 0.803. The summed E-state index contributed by atoms with van der Waals surface area (Å²) in [5, 5.41) is 14.1. The van der Waals surface area contributed by atoms with Crippen LogP contribution >= 0.6 is 11.6 Å². The number of amides is 2. The molecule has 0 aromatic carbocycles. The second-order valence-corrected chi connectivity index (χ2v) is 10.2. The lowest BCUT2D eigenvalue weighted by atomic mass is 9.86. The van der Waals surface area contributed by atoms with Gasteiger partial charge in [-0.05, 0) is 38.7 Å². The summed E-state index contributed by atoms with van der Waals surface area (Å²) in [6.07, 6.45) is 5.56. The molecule has 2 aromatic heterocycles. The van der Waals surface area contributed by atoms with Crippen LogP contribution in [0.1, 0.15) is 26.7 Å². The smallest absolute Gasteiger partial charge is 0.321 e. The molecule has 0 radical (unpaired) electrons. The van der Waals surface area contributed by atoms with E-state index in [1.54, 1.807) is 31.9 Å². The molecular formula is C17H23ClN6O3S. The van der Waals surface area contributed by atoms with Gasteiger partial charge in [-0.2, -0.15) is 15.3 Å². The van der Waals surface area contributed by atoms with Crippen LogP contribution in [-0.2, 0) is 16.9 Å². The van der Waals surface area contributed by atoms with Crippen LogP contribution in [0.2, 0.25) is 5.15 Å². The number of hydrogen-bond donors (Lipinski definition) is 1. The summed E-state index contributed by atoms with van der Waals surface area (Å²) in [5.41, 5.74) is 0.566. The van der Waals surface area contributed by atoms with Crippen molar-refractivity contribution in [3.63, 3.8) is 0 Å². The molecule has 0 saturated carbocycles. The van der Waals surface area contributed by atoms with Crippen molar-refractivity contribution in [1.82, 2.24) is 24.9 Å². The first-order chi connectivity index (χ1) is 13.1. The molecule has 1 saturated heterocycles. The number of aryl methyl sites for hydroxylation is 1. The van der Waals surface area contributed by atoms with Crippen molar-refractivity contribution >= 4 is 33.2 Å². The van der Waals surface area contributed by atoms with E-state index in [0.717, 1.165) is 0 Å². The molecule has 3 heterocycles. The Hall–Kier alpha value is -2.20. The molecule has 152 valence electrons. The van der Waals surface area contributed by atoms with Gasteiger partial charge in [0, 0.05) is 26.3 Å². The molecule has 2 aromatic rings. The van der Waals surface area contributed by atoms with E-state index in [2.05, 4.69) is 20.6 Å². The third-order valence-electron chi connectivity index (χ3n) is 5.34. The number of halogens is 1. The lowest BCUT2D eigenvalue weighted by Gasteiger charge is -2.39. The molecule has 1 N–H and O–H groups in total. The number of urea groups is 1. The first-order valence-corrected chi connectivity index (χ1v) is 10.8. The topological polar surface area (TPSA) is 110 Å².